The molecule has 6 heteroatoms. The Hall–Kier alpha value is -2.39. The molecule has 1 atom stereocenters. The summed E-state index contributed by atoms with van der Waals surface area (Å²) in [6, 6.07) is 2.89. The molecule has 0 saturated heterocycles. The van der Waals surface area contributed by atoms with Crippen LogP contribution in [0.3, 0.4) is 0 Å². The zero-order chi connectivity index (χ0) is 15.1. The van der Waals surface area contributed by atoms with Gasteiger partial charge in [-0.15, -0.1) is 0 Å². The average molecular weight is 279 g/mol. The van der Waals surface area contributed by atoms with Gasteiger partial charge in [0.25, 0.3) is 5.91 Å². The third-order valence-electron chi connectivity index (χ3n) is 2.44. The van der Waals surface area contributed by atoms with E-state index in [1.165, 1.54) is 26.2 Å². The Labute approximate surface area is 115 Å². The summed E-state index contributed by atoms with van der Waals surface area (Å²) in [5, 5.41) is 10.9. The number of amides is 1. The normalized spacial score (nSPS) is 11.0. The summed E-state index contributed by atoms with van der Waals surface area (Å²) in [5.41, 5.74) is 0.143. The molecule has 1 unspecified atom stereocenters. The number of nitrogens with one attached hydrogen (secondary N) is 1. The quantitative estimate of drug-likeness (QED) is 0.622. The second-order valence-corrected chi connectivity index (χ2v) is 3.87. The molecule has 0 aliphatic rings. The van der Waals surface area contributed by atoms with E-state index in [1.54, 1.807) is 0 Å². The molecule has 0 aliphatic carbocycles. The topological polar surface area (TPSA) is 75.6 Å². The summed E-state index contributed by atoms with van der Waals surface area (Å²) < 4.78 is 18.1. The first-order chi connectivity index (χ1) is 9.49. The molecule has 0 fully saturated rings. The summed E-state index contributed by atoms with van der Waals surface area (Å²) in [4.78, 5) is 23.0. The predicted octanol–water partition coefficient (Wildman–Crippen LogP) is 0.461. The number of hydrogen-bond acceptors (Lipinski definition) is 4. The second-order valence-electron chi connectivity index (χ2n) is 3.87. The Bertz CT molecular complexity index is 574. The van der Waals surface area contributed by atoms with E-state index in [1.807, 2.05) is 0 Å². The summed E-state index contributed by atoms with van der Waals surface area (Å²) in [6.07, 6.45) is 0. The van der Waals surface area contributed by atoms with Crippen molar-refractivity contribution >= 4 is 11.9 Å². The fourth-order valence-electron chi connectivity index (χ4n) is 1.41. The number of rotatable bonds is 3. The van der Waals surface area contributed by atoms with Crippen molar-refractivity contribution in [1.82, 2.24) is 5.32 Å². The smallest absolute Gasteiger partial charge is 0.328 e. The van der Waals surface area contributed by atoms with Gasteiger partial charge in [0.1, 0.15) is 18.5 Å². The van der Waals surface area contributed by atoms with Crippen LogP contribution in [-0.2, 0) is 9.53 Å². The van der Waals surface area contributed by atoms with Gasteiger partial charge in [-0.25, -0.2) is 9.18 Å². The molecule has 0 aromatic heterocycles. The van der Waals surface area contributed by atoms with Gasteiger partial charge in [-0.3, -0.25) is 4.79 Å². The molecule has 1 rings (SSSR count). The maximum Gasteiger partial charge on any atom is 0.328 e. The minimum absolute atomic E-state index is 0.0628. The Morgan fingerprint density at radius 1 is 1.50 bits per heavy atom. The van der Waals surface area contributed by atoms with Crippen molar-refractivity contribution in [2.75, 3.05) is 13.7 Å². The van der Waals surface area contributed by atoms with Gasteiger partial charge in [0.15, 0.2) is 0 Å². The molecule has 0 saturated carbocycles. The highest BCUT2D eigenvalue weighted by molar-refractivity contribution is 5.96. The number of hydrogen-bond donors (Lipinski definition) is 2. The van der Waals surface area contributed by atoms with Crippen LogP contribution in [0.25, 0.3) is 0 Å². The van der Waals surface area contributed by atoms with Crippen LogP contribution in [0, 0.1) is 17.7 Å². The molecule has 0 heterocycles. The molecule has 0 bridgehead atoms. The molecule has 0 radical (unpaired) electrons. The average Bonchev–Trinajstić information content (AvgIpc) is 2.44. The number of esters is 1. The third-order valence-corrected chi connectivity index (χ3v) is 2.44. The highest BCUT2D eigenvalue weighted by Crippen LogP contribution is 2.09. The van der Waals surface area contributed by atoms with Gasteiger partial charge in [0.05, 0.1) is 12.7 Å². The minimum atomic E-state index is -0.829. The van der Waals surface area contributed by atoms with Gasteiger partial charge in [0, 0.05) is 5.56 Å². The summed E-state index contributed by atoms with van der Waals surface area (Å²) in [6.45, 7) is 1.08. The van der Waals surface area contributed by atoms with Crippen LogP contribution in [0.4, 0.5) is 4.39 Å². The molecular weight excluding hydrogens is 265 g/mol. The number of benzene rings is 1. The summed E-state index contributed by atoms with van der Waals surface area (Å²) >= 11 is 0. The molecule has 1 aromatic carbocycles. The van der Waals surface area contributed by atoms with Crippen LogP contribution >= 0.6 is 0 Å². The lowest BCUT2D eigenvalue weighted by atomic mass is 10.1. The van der Waals surface area contributed by atoms with Crippen molar-refractivity contribution in [2.45, 2.75) is 13.0 Å². The Kier molecular flexibility index (Phi) is 5.69. The van der Waals surface area contributed by atoms with E-state index in [0.29, 0.717) is 0 Å². The van der Waals surface area contributed by atoms with E-state index in [2.05, 4.69) is 21.9 Å². The molecule has 2 N–H and O–H groups in total. The van der Waals surface area contributed by atoms with Crippen molar-refractivity contribution < 1.29 is 23.8 Å². The monoisotopic (exact) mass is 279 g/mol. The molecule has 106 valence electrons. The van der Waals surface area contributed by atoms with Crippen molar-refractivity contribution in [1.29, 1.82) is 0 Å². The molecule has 0 aliphatic heterocycles. The van der Waals surface area contributed by atoms with Crippen LogP contribution < -0.4 is 5.32 Å². The lowest BCUT2D eigenvalue weighted by Crippen LogP contribution is -2.39. The zero-order valence-corrected chi connectivity index (χ0v) is 11.1. The van der Waals surface area contributed by atoms with Gasteiger partial charge in [-0.2, -0.15) is 0 Å². The van der Waals surface area contributed by atoms with Gasteiger partial charge < -0.3 is 15.2 Å². The highest BCUT2D eigenvalue weighted by atomic mass is 19.1. The fraction of sp³-hybridized carbons (Fsp3) is 0.286. The van der Waals surface area contributed by atoms with Gasteiger partial charge in [-0.1, -0.05) is 11.8 Å². The number of ether oxygens (including phenoxy) is 1. The second kappa shape index (κ2) is 7.26. The van der Waals surface area contributed by atoms with E-state index in [9.17, 15) is 14.0 Å². The Morgan fingerprint density at radius 3 is 2.75 bits per heavy atom. The van der Waals surface area contributed by atoms with Crippen molar-refractivity contribution in [3.8, 4) is 11.8 Å². The molecule has 20 heavy (non-hydrogen) atoms. The van der Waals surface area contributed by atoms with Crippen LogP contribution in [0.5, 0.6) is 0 Å². The first-order valence-corrected chi connectivity index (χ1v) is 5.77. The lowest BCUT2D eigenvalue weighted by molar-refractivity contribution is -0.142. The molecule has 1 amide bonds. The van der Waals surface area contributed by atoms with E-state index in [-0.39, 0.29) is 17.7 Å². The van der Waals surface area contributed by atoms with Crippen LogP contribution in [0.15, 0.2) is 18.2 Å². The number of methoxy groups -OCH3 is 1. The number of halogens is 1. The Balaban J connectivity index is 2.85. The summed E-state index contributed by atoms with van der Waals surface area (Å²) in [5.74, 6) is 2.86. The molecule has 1 aromatic rings. The number of aliphatic hydroxyl groups is 1. The maximum atomic E-state index is 13.6. The molecule has 0 spiro atoms. The maximum absolute atomic E-state index is 13.6. The van der Waals surface area contributed by atoms with Crippen molar-refractivity contribution in [3.63, 3.8) is 0 Å². The Morgan fingerprint density at radius 2 is 2.20 bits per heavy atom. The van der Waals surface area contributed by atoms with E-state index in [0.717, 1.165) is 6.07 Å². The fourth-order valence-corrected chi connectivity index (χ4v) is 1.41. The van der Waals surface area contributed by atoms with Crippen molar-refractivity contribution in [3.05, 3.63) is 35.1 Å². The lowest BCUT2D eigenvalue weighted by Gasteiger charge is -2.11. The van der Waals surface area contributed by atoms with E-state index >= 15 is 0 Å². The van der Waals surface area contributed by atoms with Gasteiger partial charge >= 0.3 is 5.97 Å². The SMILES string of the molecule is COC(=O)C(C)NC(=O)c1ccc(C#CCO)c(F)c1. The zero-order valence-electron chi connectivity index (χ0n) is 11.1. The van der Waals surface area contributed by atoms with Gasteiger partial charge in [0.2, 0.25) is 0 Å². The minimum Gasteiger partial charge on any atom is -0.467 e. The molecular formula is C14H14FNO4. The van der Waals surface area contributed by atoms with Crippen molar-refractivity contribution in [2.24, 2.45) is 0 Å². The standard InChI is InChI=1S/C14H14FNO4/c1-9(14(19)20-2)16-13(18)11-6-5-10(4-3-7-17)12(15)8-11/h5-6,8-9,17H,7H2,1-2H3,(H,16,18). The highest BCUT2D eigenvalue weighted by Gasteiger charge is 2.17. The largest absolute Gasteiger partial charge is 0.467 e. The van der Waals surface area contributed by atoms with Crippen LogP contribution in [0.1, 0.15) is 22.8 Å². The van der Waals surface area contributed by atoms with Gasteiger partial charge in [-0.05, 0) is 25.1 Å². The summed E-state index contributed by atoms with van der Waals surface area (Å²) in [7, 11) is 1.21. The third kappa shape index (κ3) is 4.07. The number of carbonyl (C=O) groups excluding carboxylic acids is 2. The first kappa shape index (κ1) is 15.7. The molecule has 5 nitrogen and oxygen atoms in total. The first-order valence-electron chi connectivity index (χ1n) is 5.77. The number of aliphatic hydroxyl groups excluding tert-OH is 1. The van der Waals surface area contributed by atoms with E-state index < -0.39 is 23.7 Å². The van der Waals surface area contributed by atoms with E-state index in [4.69, 9.17) is 5.11 Å². The van der Waals surface area contributed by atoms with Crippen LogP contribution in [-0.4, -0.2) is 36.7 Å². The number of carbonyl (C=O) groups is 2. The predicted molar refractivity (Wildman–Crippen MR) is 69.3 cm³/mol. The van der Waals surface area contributed by atoms with Crippen LogP contribution in [0.2, 0.25) is 0 Å².